The first-order valence-electron chi connectivity index (χ1n) is 5.86. The maximum absolute atomic E-state index is 5.78. The lowest BCUT2D eigenvalue weighted by molar-refractivity contribution is 0.158. The van der Waals surface area contributed by atoms with Gasteiger partial charge in [-0.2, -0.15) is 0 Å². The van der Waals surface area contributed by atoms with Crippen molar-refractivity contribution in [2.75, 3.05) is 51.6 Å². The number of hydrogen-bond acceptors (Lipinski definition) is 5. The van der Waals surface area contributed by atoms with Crippen molar-refractivity contribution in [2.24, 2.45) is 0 Å². The fourth-order valence-electron chi connectivity index (χ4n) is 1.84. The average molecular weight is 256 g/mol. The number of halogens is 1. The molecule has 1 saturated heterocycles. The molecule has 1 aliphatic heterocycles. The Morgan fingerprint density at radius 3 is 2.76 bits per heavy atom. The van der Waals surface area contributed by atoms with Gasteiger partial charge in [0.15, 0.2) is 0 Å². The van der Waals surface area contributed by atoms with Gasteiger partial charge in [0.1, 0.15) is 17.3 Å². The Balaban J connectivity index is 1.69. The van der Waals surface area contributed by atoms with Crippen molar-refractivity contribution in [1.82, 2.24) is 19.8 Å². The van der Waals surface area contributed by atoms with Crippen molar-refractivity contribution >= 4 is 17.4 Å². The highest BCUT2D eigenvalue weighted by molar-refractivity contribution is 6.29. The summed E-state index contributed by atoms with van der Waals surface area (Å²) in [5.41, 5.74) is 0. The van der Waals surface area contributed by atoms with Crippen molar-refractivity contribution in [3.63, 3.8) is 0 Å². The first kappa shape index (κ1) is 12.5. The van der Waals surface area contributed by atoms with Crippen molar-refractivity contribution in [2.45, 2.75) is 0 Å². The van der Waals surface area contributed by atoms with Gasteiger partial charge < -0.3 is 10.2 Å². The first-order chi connectivity index (χ1) is 8.24. The van der Waals surface area contributed by atoms with E-state index in [-0.39, 0.29) is 0 Å². The summed E-state index contributed by atoms with van der Waals surface area (Å²) in [6.45, 7) is 6.51. The minimum atomic E-state index is 0.474. The maximum Gasteiger partial charge on any atom is 0.134 e. The molecule has 0 aromatic carbocycles. The first-order valence-corrected chi connectivity index (χ1v) is 6.24. The Morgan fingerprint density at radius 1 is 1.29 bits per heavy atom. The van der Waals surface area contributed by atoms with Crippen LogP contribution in [0.25, 0.3) is 0 Å². The van der Waals surface area contributed by atoms with Gasteiger partial charge >= 0.3 is 0 Å². The number of rotatable bonds is 4. The summed E-state index contributed by atoms with van der Waals surface area (Å²) < 4.78 is 0. The number of likely N-dealkylation sites (N-methyl/N-ethyl adjacent to an activating group) is 1. The largest absolute Gasteiger partial charge is 0.369 e. The molecule has 0 saturated carbocycles. The van der Waals surface area contributed by atoms with Gasteiger partial charge in [-0.1, -0.05) is 11.6 Å². The van der Waals surface area contributed by atoms with Crippen LogP contribution in [0, 0.1) is 0 Å². The molecule has 94 valence electrons. The third-order valence-electron chi connectivity index (χ3n) is 2.96. The third kappa shape index (κ3) is 4.11. The number of nitrogens with zero attached hydrogens (tertiary/aromatic N) is 4. The molecule has 2 heterocycles. The van der Waals surface area contributed by atoms with E-state index in [2.05, 4.69) is 32.1 Å². The van der Waals surface area contributed by atoms with E-state index in [1.807, 2.05) is 0 Å². The normalized spacial score (nSPS) is 18.2. The van der Waals surface area contributed by atoms with E-state index in [0.717, 1.165) is 45.1 Å². The molecule has 0 radical (unpaired) electrons. The van der Waals surface area contributed by atoms with Crippen LogP contribution in [-0.2, 0) is 0 Å². The van der Waals surface area contributed by atoms with Crippen molar-refractivity contribution < 1.29 is 0 Å². The molecular formula is C11H18ClN5. The quantitative estimate of drug-likeness (QED) is 0.806. The standard InChI is InChI=1S/C11H18ClN5/c1-16-4-6-17(7-5-16)3-2-13-11-8-10(12)14-9-15-11/h8-9H,2-7H2,1H3,(H,13,14,15). The SMILES string of the molecule is CN1CCN(CCNc2cc(Cl)ncn2)CC1. The van der Waals surface area contributed by atoms with E-state index in [9.17, 15) is 0 Å². The van der Waals surface area contributed by atoms with E-state index >= 15 is 0 Å². The average Bonchev–Trinajstić information content (AvgIpc) is 2.32. The fraction of sp³-hybridized carbons (Fsp3) is 0.636. The summed E-state index contributed by atoms with van der Waals surface area (Å²) in [4.78, 5) is 12.8. The van der Waals surface area contributed by atoms with E-state index in [1.165, 1.54) is 6.33 Å². The Morgan fingerprint density at radius 2 is 2.06 bits per heavy atom. The molecule has 1 aromatic heterocycles. The number of piperazine rings is 1. The van der Waals surface area contributed by atoms with Crippen LogP contribution in [0.2, 0.25) is 5.15 Å². The number of anilines is 1. The Hall–Kier alpha value is -0.910. The Kier molecular flexibility index (Phi) is 4.53. The third-order valence-corrected chi connectivity index (χ3v) is 3.17. The summed E-state index contributed by atoms with van der Waals surface area (Å²) in [5.74, 6) is 0.791. The van der Waals surface area contributed by atoms with Gasteiger partial charge in [0.2, 0.25) is 0 Å². The van der Waals surface area contributed by atoms with Gasteiger partial charge in [-0.3, -0.25) is 4.90 Å². The van der Waals surface area contributed by atoms with Crippen LogP contribution in [-0.4, -0.2) is 66.1 Å². The summed E-state index contributed by atoms with van der Waals surface area (Å²) >= 11 is 5.78. The van der Waals surface area contributed by atoms with Crippen LogP contribution < -0.4 is 5.32 Å². The molecule has 17 heavy (non-hydrogen) atoms. The second-order valence-electron chi connectivity index (χ2n) is 4.30. The zero-order valence-electron chi connectivity index (χ0n) is 10.1. The smallest absolute Gasteiger partial charge is 0.134 e. The topological polar surface area (TPSA) is 44.3 Å². The molecule has 1 aromatic rings. The molecule has 1 aliphatic rings. The molecule has 0 unspecified atom stereocenters. The molecule has 0 spiro atoms. The van der Waals surface area contributed by atoms with E-state index in [4.69, 9.17) is 11.6 Å². The van der Waals surface area contributed by atoms with Crippen molar-refractivity contribution in [3.05, 3.63) is 17.5 Å². The molecule has 5 nitrogen and oxygen atoms in total. The highest BCUT2D eigenvalue weighted by Gasteiger charge is 2.12. The second kappa shape index (κ2) is 6.14. The fourth-order valence-corrected chi connectivity index (χ4v) is 1.99. The van der Waals surface area contributed by atoms with Gasteiger partial charge in [0.05, 0.1) is 0 Å². The van der Waals surface area contributed by atoms with Gasteiger partial charge in [-0.15, -0.1) is 0 Å². The molecule has 6 heteroatoms. The van der Waals surface area contributed by atoms with E-state index < -0.39 is 0 Å². The predicted molar refractivity (Wildman–Crippen MR) is 69.5 cm³/mol. The molecule has 2 rings (SSSR count). The van der Waals surface area contributed by atoms with Gasteiger partial charge in [0, 0.05) is 45.3 Å². The minimum absolute atomic E-state index is 0.474. The molecule has 1 N–H and O–H groups in total. The number of hydrogen-bond donors (Lipinski definition) is 1. The molecule has 0 atom stereocenters. The van der Waals surface area contributed by atoms with Crippen molar-refractivity contribution in [1.29, 1.82) is 0 Å². The molecular weight excluding hydrogens is 238 g/mol. The Bertz CT molecular complexity index is 351. The monoisotopic (exact) mass is 255 g/mol. The van der Waals surface area contributed by atoms with Crippen molar-refractivity contribution in [3.8, 4) is 0 Å². The number of aromatic nitrogens is 2. The highest BCUT2D eigenvalue weighted by atomic mass is 35.5. The van der Waals surface area contributed by atoms with Crippen LogP contribution in [0.1, 0.15) is 0 Å². The lowest BCUT2D eigenvalue weighted by atomic mass is 10.3. The van der Waals surface area contributed by atoms with Crippen LogP contribution >= 0.6 is 11.6 Å². The highest BCUT2D eigenvalue weighted by Crippen LogP contribution is 2.08. The van der Waals surface area contributed by atoms with Gasteiger partial charge in [0.25, 0.3) is 0 Å². The zero-order valence-corrected chi connectivity index (χ0v) is 10.8. The number of nitrogens with one attached hydrogen (secondary N) is 1. The van der Waals surface area contributed by atoms with Gasteiger partial charge in [-0.25, -0.2) is 9.97 Å². The lowest BCUT2D eigenvalue weighted by Crippen LogP contribution is -2.45. The summed E-state index contributed by atoms with van der Waals surface area (Å²) in [7, 11) is 2.17. The van der Waals surface area contributed by atoms with Gasteiger partial charge in [-0.05, 0) is 7.05 Å². The second-order valence-corrected chi connectivity index (χ2v) is 4.68. The summed E-state index contributed by atoms with van der Waals surface area (Å²) in [6.07, 6.45) is 1.47. The molecule has 1 fully saturated rings. The predicted octanol–water partition coefficient (Wildman–Crippen LogP) is 0.789. The Labute approximate surface area is 107 Å². The molecule has 0 aliphatic carbocycles. The lowest BCUT2D eigenvalue weighted by Gasteiger charge is -2.32. The van der Waals surface area contributed by atoms with Crippen LogP contribution in [0.4, 0.5) is 5.82 Å². The summed E-state index contributed by atoms with van der Waals surface area (Å²) in [6, 6.07) is 1.74. The van der Waals surface area contributed by atoms with Crippen LogP contribution in [0.5, 0.6) is 0 Å². The van der Waals surface area contributed by atoms with Crippen LogP contribution in [0.3, 0.4) is 0 Å². The summed E-state index contributed by atoms with van der Waals surface area (Å²) in [5, 5.41) is 3.73. The molecule has 0 bridgehead atoms. The molecule has 0 amide bonds. The van der Waals surface area contributed by atoms with Crippen LogP contribution in [0.15, 0.2) is 12.4 Å². The minimum Gasteiger partial charge on any atom is -0.369 e. The van der Waals surface area contributed by atoms with E-state index in [0.29, 0.717) is 5.15 Å². The maximum atomic E-state index is 5.78. The van der Waals surface area contributed by atoms with E-state index in [1.54, 1.807) is 6.07 Å². The zero-order chi connectivity index (χ0) is 12.1.